The van der Waals surface area contributed by atoms with Crippen LogP contribution in [0.2, 0.25) is 0 Å². The lowest BCUT2D eigenvalue weighted by atomic mass is 9.96. The topological polar surface area (TPSA) is 55.5 Å². The van der Waals surface area contributed by atoms with Gasteiger partial charge < -0.3 is 9.80 Å². The van der Waals surface area contributed by atoms with Crippen molar-refractivity contribution in [2.45, 2.75) is 51.0 Å². The van der Waals surface area contributed by atoms with Crippen LogP contribution in [0.3, 0.4) is 0 Å². The van der Waals surface area contributed by atoms with Gasteiger partial charge in [-0.05, 0) is 37.5 Å². The number of rotatable bonds is 5. The van der Waals surface area contributed by atoms with Crippen LogP contribution in [0.5, 0.6) is 0 Å². The molecule has 1 N–H and O–H groups in total. The van der Waals surface area contributed by atoms with Gasteiger partial charge in [-0.1, -0.05) is 30.3 Å². The molecule has 1 aromatic heterocycles. The van der Waals surface area contributed by atoms with Gasteiger partial charge in [0.25, 0.3) is 6.43 Å². The van der Waals surface area contributed by atoms with Crippen molar-refractivity contribution in [2.24, 2.45) is 0 Å². The molecule has 38 heavy (non-hydrogen) atoms. The minimum absolute atomic E-state index is 0.0642. The van der Waals surface area contributed by atoms with Crippen molar-refractivity contribution in [1.29, 1.82) is 0 Å². The van der Waals surface area contributed by atoms with Crippen LogP contribution >= 0.6 is 0 Å². The van der Waals surface area contributed by atoms with Crippen LogP contribution < -0.4 is 9.80 Å². The van der Waals surface area contributed by atoms with Crippen molar-refractivity contribution >= 4 is 17.5 Å². The molecule has 1 atom stereocenters. The molecule has 2 aromatic carbocycles. The number of para-hydroxylation sites is 1. The summed E-state index contributed by atoms with van der Waals surface area (Å²) in [5, 5.41) is 6.86. The molecule has 0 bridgehead atoms. The minimum Gasteiger partial charge on any atom is -0.369 e. The summed E-state index contributed by atoms with van der Waals surface area (Å²) in [6.07, 6.45) is -5.07. The second-order valence-corrected chi connectivity index (χ2v) is 9.47. The highest BCUT2D eigenvalue weighted by Crippen LogP contribution is 2.41. The maximum atomic E-state index is 14.5. The number of hydrogen-bond donors (Lipinski definition) is 1. The Hall–Kier alpha value is -3.70. The molecule has 1 saturated heterocycles. The van der Waals surface area contributed by atoms with Crippen LogP contribution in [-0.4, -0.2) is 40.3 Å². The molecule has 12 heteroatoms. The second-order valence-electron chi connectivity index (χ2n) is 9.47. The first kappa shape index (κ1) is 25.9. The van der Waals surface area contributed by atoms with E-state index in [1.54, 1.807) is 16.0 Å². The van der Waals surface area contributed by atoms with Gasteiger partial charge in [-0.25, -0.2) is 18.0 Å². The number of benzene rings is 2. The van der Waals surface area contributed by atoms with Gasteiger partial charge in [-0.15, -0.1) is 0 Å². The molecule has 1 fully saturated rings. The van der Waals surface area contributed by atoms with Crippen LogP contribution in [0.1, 0.15) is 54.5 Å². The Kier molecular flexibility index (Phi) is 6.74. The average molecular weight is 538 g/mol. The number of anilines is 2. The Morgan fingerprint density at radius 3 is 2.47 bits per heavy atom. The van der Waals surface area contributed by atoms with Gasteiger partial charge in [0.2, 0.25) is 0 Å². The van der Waals surface area contributed by atoms with Crippen LogP contribution in [0.15, 0.2) is 48.7 Å². The van der Waals surface area contributed by atoms with E-state index in [4.69, 9.17) is 0 Å². The third-order valence-corrected chi connectivity index (χ3v) is 7.30. The highest BCUT2D eigenvalue weighted by Gasteiger charge is 2.43. The van der Waals surface area contributed by atoms with E-state index in [-0.39, 0.29) is 48.3 Å². The van der Waals surface area contributed by atoms with Crippen LogP contribution in [0.4, 0.5) is 42.6 Å². The van der Waals surface area contributed by atoms with Crippen molar-refractivity contribution in [3.63, 3.8) is 0 Å². The fraction of sp³-hybridized carbons (Fsp3) is 0.385. The number of aromatic amines is 1. The molecule has 0 radical (unpaired) electrons. The molecule has 2 aliphatic heterocycles. The van der Waals surface area contributed by atoms with Crippen LogP contribution in [0, 0.1) is 5.82 Å². The van der Waals surface area contributed by atoms with Gasteiger partial charge in [0.1, 0.15) is 5.82 Å². The van der Waals surface area contributed by atoms with Crippen molar-refractivity contribution in [3.8, 4) is 0 Å². The Morgan fingerprint density at radius 2 is 1.79 bits per heavy atom. The summed E-state index contributed by atoms with van der Waals surface area (Å²) in [6.45, 7) is 1.95. The number of nitrogens with one attached hydrogen (secondary N) is 1. The van der Waals surface area contributed by atoms with Gasteiger partial charge in [0.05, 0.1) is 23.8 Å². The number of fused-ring (bicyclic) bond motifs is 1. The molecule has 0 aliphatic carbocycles. The van der Waals surface area contributed by atoms with E-state index in [1.807, 2.05) is 6.92 Å². The summed E-state index contributed by atoms with van der Waals surface area (Å²) in [7, 11) is 0. The van der Waals surface area contributed by atoms with Crippen LogP contribution in [-0.2, 0) is 12.7 Å². The molecule has 0 unspecified atom stereocenters. The van der Waals surface area contributed by atoms with E-state index in [1.165, 1.54) is 35.2 Å². The lowest BCUT2D eigenvalue weighted by Gasteiger charge is -2.46. The molecule has 3 aromatic rings. The van der Waals surface area contributed by atoms with E-state index in [0.717, 1.165) is 12.1 Å². The molecule has 2 aliphatic rings. The SMILES string of the molecule is C[C@@H]1c2c[nH]nc2N(Cc2ccccc2C(F)(F)F)C(=O)N1C1CCN(c2c(F)cccc2C(F)F)CC1. The summed E-state index contributed by atoms with van der Waals surface area (Å²) < 4.78 is 82.5. The number of carbonyl (C=O) groups excluding carboxylic acids is 1. The first-order valence-corrected chi connectivity index (χ1v) is 12.2. The first-order valence-electron chi connectivity index (χ1n) is 12.2. The number of alkyl halides is 5. The van der Waals surface area contributed by atoms with E-state index in [9.17, 15) is 31.1 Å². The number of nitrogens with zero attached hydrogens (tertiary/aromatic N) is 4. The predicted molar refractivity (Wildman–Crippen MR) is 128 cm³/mol. The Labute approximate surface area is 214 Å². The largest absolute Gasteiger partial charge is 0.416 e. The number of aromatic nitrogens is 2. The van der Waals surface area contributed by atoms with Crippen molar-refractivity contribution in [2.75, 3.05) is 22.9 Å². The maximum Gasteiger partial charge on any atom is 0.416 e. The number of urea groups is 1. The number of carbonyl (C=O) groups is 1. The molecular weight excluding hydrogens is 512 g/mol. The fourth-order valence-electron chi connectivity index (χ4n) is 5.49. The number of amides is 2. The predicted octanol–water partition coefficient (Wildman–Crippen LogP) is 6.68. The minimum atomic E-state index is -4.59. The maximum absolute atomic E-state index is 14.5. The molecule has 3 heterocycles. The number of hydrogen-bond acceptors (Lipinski definition) is 3. The molecule has 2 amide bonds. The Balaban J connectivity index is 1.40. The highest BCUT2D eigenvalue weighted by atomic mass is 19.4. The monoisotopic (exact) mass is 537 g/mol. The quantitative estimate of drug-likeness (QED) is 0.370. The zero-order valence-electron chi connectivity index (χ0n) is 20.4. The summed E-state index contributed by atoms with van der Waals surface area (Å²) in [5.41, 5.74) is -0.760. The van der Waals surface area contributed by atoms with Gasteiger partial charge in [0, 0.05) is 36.5 Å². The average Bonchev–Trinajstić information content (AvgIpc) is 3.37. The summed E-state index contributed by atoms with van der Waals surface area (Å²) in [4.78, 5) is 18.2. The summed E-state index contributed by atoms with van der Waals surface area (Å²) >= 11 is 0. The third-order valence-electron chi connectivity index (χ3n) is 7.30. The van der Waals surface area contributed by atoms with Crippen molar-refractivity contribution in [3.05, 3.63) is 76.7 Å². The van der Waals surface area contributed by atoms with Crippen molar-refractivity contribution < 1.29 is 31.1 Å². The molecular formula is C26H25F6N5O. The van der Waals surface area contributed by atoms with Gasteiger partial charge in [0.15, 0.2) is 5.82 Å². The van der Waals surface area contributed by atoms with Gasteiger partial charge >= 0.3 is 12.2 Å². The summed E-state index contributed by atoms with van der Waals surface area (Å²) in [6, 6.07) is 7.41. The standard InChI is InChI=1S/C26H25F6N5O/c1-15-19-13-33-34-24(19)36(14-16-5-2-3-7-20(16)26(30,31)32)25(38)37(15)17-9-11-35(12-10-17)22-18(23(28)29)6-4-8-21(22)27/h2-8,13,15,17,23H,9-12,14H2,1H3,(H,33,34)/t15-/m1/s1. The van der Waals surface area contributed by atoms with E-state index in [2.05, 4.69) is 10.2 Å². The van der Waals surface area contributed by atoms with Gasteiger partial charge in [-0.3, -0.25) is 10.00 Å². The first-order chi connectivity index (χ1) is 18.1. The Morgan fingerprint density at radius 1 is 1.08 bits per heavy atom. The molecule has 6 nitrogen and oxygen atoms in total. The summed E-state index contributed by atoms with van der Waals surface area (Å²) in [5.74, 6) is -0.470. The molecule has 202 valence electrons. The van der Waals surface area contributed by atoms with E-state index < -0.39 is 36.1 Å². The van der Waals surface area contributed by atoms with E-state index >= 15 is 0 Å². The van der Waals surface area contributed by atoms with Crippen LogP contribution in [0.25, 0.3) is 0 Å². The van der Waals surface area contributed by atoms with E-state index in [0.29, 0.717) is 18.4 Å². The number of piperidine rings is 1. The smallest absolute Gasteiger partial charge is 0.369 e. The lowest BCUT2D eigenvalue weighted by Crippen LogP contribution is -2.55. The zero-order chi connectivity index (χ0) is 27.2. The third kappa shape index (κ3) is 4.56. The number of H-pyrrole nitrogens is 1. The highest BCUT2D eigenvalue weighted by molar-refractivity contribution is 5.94. The molecule has 0 saturated carbocycles. The Bertz CT molecular complexity index is 1320. The van der Waals surface area contributed by atoms with Gasteiger partial charge in [-0.2, -0.15) is 18.3 Å². The second kappa shape index (κ2) is 9.88. The lowest BCUT2D eigenvalue weighted by molar-refractivity contribution is -0.138. The van der Waals surface area contributed by atoms with Crippen molar-refractivity contribution in [1.82, 2.24) is 15.1 Å². The number of halogens is 6. The fourth-order valence-corrected chi connectivity index (χ4v) is 5.49. The zero-order valence-corrected chi connectivity index (χ0v) is 20.4. The molecule has 0 spiro atoms. The normalized spacial score (nSPS) is 18.9. The molecule has 5 rings (SSSR count).